The van der Waals surface area contributed by atoms with E-state index in [0.717, 1.165) is 31.4 Å². The Balaban J connectivity index is 2.85. The fourth-order valence-corrected chi connectivity index (χ4v) is 2.43. The Kier molecular flexibility index (Phi) is 6.52. The summed E-state index contributed by atoms with van der Waals surface area (Å²) in [5, 5.41) is 12.8. The van der Waals surface area contributed by atoms with Crippen LogP contribution in [0.4, 0.5) is 5.69 Å². The van der Waals surface area contributed by atoms with Crippen molar-refractivity contribution in [3.8, 4) is 0 Å². The van der Waals surface area contributed by atoms with Gasteiger partial charge in [-0.15, -0.1) is 0 Å². The number of nitrogens with one attached hydrogen (secondary N) is 1. The van der Waals surface area contributed by atoms with Gasteiger partial charge in [-0.2, -0.15) is 0 Å². The van der Waals surface area contributed by atoms with Gasteiger partial charge in [0.05, 0.1) is 0 Å². The van der Waals surface area contributed by atoms with Crippen molar-refractivity contribution in [3.63, 3.8) is 0 Å². The number of hydrogen-bond donors (Lipinski definition) is 3. The van der Waals surface area contributed by atoms with E-state index in [2.05, 4.69) is 12.2 Å². The van der Waals surface area contributed by atoms with Crippen LogP contribution in [0.25, 0.3) is 0 Å². The molecule has 4 nitrogen and oxygen atoms in total. The molecule has 1 aromatic carbocycles. The van der Waals surface area contributed by atoms with Crippen LogP contribution in [0.2, 0.25) is 0 Å². The molecule has 0 aromatic heterocycles. The van der Waals surface area contributed by atoms with Crippen LogP contribution in [0, 0.1) is 5.92 Å². The van der Waals surface area contributed by atoms with Crippen LogP contribution in [0.5, 0.6) is 0 Å². The minimum absolute atomic E-state index is 0.0910. The van der Waals surface area contributed by atoms with Gasteiger partial charge in [0.25, 0.3) is 0 Å². The first kappa shape index (κ1) is 16.5. The highest BCUT2D eigenvalue weighted by atomic mass is 16.4. The van der Waals surface area contributed by atoms with Crippen LogP contribution < -0.4 is 11.1 Å². The number of nitrogens with two attached hydrogens (primary N) is 1. The third kappa shape index (κ3) is 4.23. The molecule has 0 aliphatic heterocycles. The molecule has 0 saturated heterocycles. The number of carboxylic acid groups (broad SMARTS) is 1. The molecular weight excluding hydrogens is 252 g/mol. The van der Waals surface area contributed by atoms with E-state index in [1.165, 1.54) is 0 Å². The summed E-state index contributed by atoms with van der Waals surface area (Å²) in [5.41, 5.74) is 5.60. The van der Waals surface area contributed by atoms with E-state index >= 15 is 0 Å². The molecule has 0 aliphatic rings. The van der Waals surface area contributed by atoms with Crippen molar-refractivity contribution in [2.75, 3.05) is 11.9 Å². The zero-order valence-electron chi connectivity index (χ0n) is 12.4. The van der Waals surface area contributed by atoms with Crippen molar-refractivity contribution in [2.24, 2.45) is 11.7 Å². The van der Waals surface area contributed by atoms with Gasteiger partial charge in [-0.05, 0) is 32.0 Å². The Morgan fingerprint density at radius 2 is 2.00 bits per heavy atom. The van der Waals surface area contributed by atoms with Gasteiger partial charge in [0.15, 0.2) is 0 Å². The van der Waals surface area contributed by atoms with Crippen LogP contribution in [-0.2, 0) is 4.79 Å². The second kappa shape index (κ2) is 7.90. The lowest BCUT2D eigenvalue weighted by molar-refractivity contribution is -0.143. The minimum Gasteiger partial charge on any atom is -0.480 e. The number of para-hydroxylation sites is 1. The van der Waals surface area contributed by atoms with Crippen LogP contribution in [0.3, 0.4) is 0 Å². The molecule has 0 radical (unpaired) electrons. The fraction of sp³-hybridized carbons (Fsp3) is 0.562. The number of carboxylic acids is 1. The Morgan fingerprint density at radius 1 is 1.35 bits per heavy atom. The van der Waals surface area contributed by atoms with Gasteiger partial charge in [0, 0.05) is 11.6 Å². The molecule has 112 valence electrons. The highest BCUT2D eigenvalue weighted by Crippen LogP contribution is 2.27. The van der Waals surface area contributed by atoms with Crippen molar-refractivity contribution in [1.29, 1.82) is 0 Å². The first-order valence-corrected chi connectivity index (χ1v) is 7.31. The lowest BCUT2D eigenvalue weighted by Crippen LogP contribution is -2.52. The average Bonchev–Trinajstić information content (AvgIpc) is 2.44. The third-order valence-electron chi connectivity index (χ3n) is 3.88. The van der Waals surface area contributed by atoms with Crippen LogP contribution in [-0.4, -0.2) is 23.2 Å². The van der Waals surface area contributed by atoms with E-state index in [1.807, 2.05) is 30.3 Å². The number of anilines is 1. The van der Waals surface area contributed by atoms with Gasteiger partial charge in [-0.25, -0.2) is 4.79 Å². The van der Waals surface area contributed by atoms with Gasteiger partial charge < -0.3 is 16.2 Å². The first-order chi connectivity index (χ1) is 9.54. The lowest BCUT2D eigenvalue weighted by atomic mass is 9.81. The van der Waals surface area contributed by atoms with E-state index < -0.39 is 11.5 Å². The molecule has 0 spiro atoms. The fourth-order valence-electron chi connectivity index (χ4n) is 2.43. The van der Waals surface area contributed by atoms with E-state index in [9.17, 15) is 9.90 Å². The molecule has 20 heavy (non-hydrogen) atoms. The summed E-state index contributed by atoms with van der Waals surface area (Å²) in [6.07, 6.45) is 4.06. The van der Waals surface area contributed by atoms with Gasteiger partial charge in [0.1, 0.15) is 5.54 Å². The van der Waals surface area contributed by atoms with Crippen LogP contribution in [0.1, 0.15) is 39.5 Å². The molecule has 4 heteroatoms. The Labute approximate surface area is 121 Å². The molecule has 2 atom stereocenters. The zero-order valence-corrected chi connectivity index (χ0v) is 12.4. The number of rotatable bonds is 9. The number of aliphatic carboxylic acids is 1. The summed E-state index contributed by atoms with van der Waals surface area (Å²) in [4.78, 5) is 11.7. The Hall–Kier alpha value is -1.55. The number of carbonyl (C=O) groups is 1. The first-order valence-electron chi connectivity index (χ1n) is 7.31. The maximum atomic E-state index is 11.7. The molecule has 0 saturated carbocycles. The largest absolute Gasteiger partial charge is 0.480 e. The molecule has 4 N–H and O–H groups in total. The van der Waals surface area contributed by atoms with E-state index in [-0.39, 0.29) is 5.92 Å². The van der Waals surface area contributed by atoms with Crippen molar-refractivity contribution < 1.29 is 9.90 Å². The second-order valence-electron chi connectivity index (χ2n) is 5.43. The van der Waals surface area contributed by atoms with E-state index in [0.29, 0.717) is 6.54 Å². The van der Waals surface area contributed by atoms with Crippen LogP contribution >= 0.6 is 0 Å². The summed E-state index contributed by atoms with van der Waals surface area (Å²) in [7, 11) is 0. The second-order valence-corrected chi connectivity index (χ2v) is 5.43. The molecule has 0 heterocycles. The average molecular weight is 278 g/mol. The van der Waals surface area contributed by atoms with E-state index in [1.54, 1.807) is 6.92 Å². The number of hydrogen-bond acceptors (Lipinski definition) is 3. The van der Waals surface area contributed by atoms with Crippen molar-refractivity contribution >= 4 is 11.7 Å². The standard InChI is InChI=1S/C16H26N2O2/c1-3-4-6-9-13(12-17)16(2,15(19)20)18-14-10-7-5-8-11-14/h5,7-8,10-11,13,18H,3-4,6,9,12,17H2,1-2H3,(H,19,20). The third-order valence-corrected chi connectivity index (χ3v) is 3.88. The molecule has 0 aliphatic carbocycles. The summed E-state index contributed by atoms with van der Waals surface area (Å²) < 4.78 is 0. The van der Waals surface area contributed by atoms with Gasteiger partial charge in [0.2, 0.25) is 0 Å². The van der Waals surface area contributed by atoms with Gasteiger partial charge in [-0.1, -0.05) is 44.4 Å². The predicted molar refractivity (Wildman–Crippen MR) is 82.8 cm³/mol. The lowest BCUT2D eigenvalue weighted by Gasteiger charge is -2.35. The quantitative estimate of drug-likeness (QED) is 0.607. The highest BCUT2D eigenvalue weighted by molar-refractivity contribution is 5.82. The minimum atomic E-state index is -1.04. The Bertz CT molecular complexity index is 408. The monoisotopic (exact) mass is 278 g/mol. The van der Waals surface area contributed by atoms with Crippen LogP contribution in [0.15, 0.2) is 30.3 Å². The normalized spacial score (nSPS) is 15.3. The van der Waals surface area contributed by atoms with Gasteiger partial charge in [-0.3, -0.25) is 0 Å². The van der Waals surface area contributed by atoms with E-state index in [4.69, 9.17) is 5.73 Å². The topological polar surface area (TPSA) is 75.3 Å². The number of unbranched alkanes of at least 4 members (excludes halogenated alkanes) is 2. The predicted octanol–water partition coefficient (Wildman–Crippen LogP) is 3.10. The van der Waals surface area contributed by atoms with Gasteiger partial charge >= 0.3 is 5.97 Å². The summed E-state index contributed by atoms with van der Waals surface area (Å²) in [5.74, 6) is -0.944. The summed E-state index contributed by atoms with van der Waals surface area (Å²) in [6.45, 7) is 4.23. The van der Waals surface area contributed by atoms with Crippen molar-refractivity contribution in [3.05, 3.63) is 30.3 Å². The van der Waals surface area contributed by atoms with Crippen molar-refractivity contribution in [1.82, 2.24) is 0 Å². The molecule has 0 amide bonds. The summed E-state index contributed by atoms with van der Waals surface area (Å²) >= 11 is 0. The molecule has 2 unspecified atom stereocenters. The number of benzene rings is 1. The maximum Gasteiger partial charge on any atom is 0.329 e. The molecular formula is C16H26N2O2. The molecule has 1 rings (SSSR count). The molecule has 1 aromatic rings. The SMILES string of the molecule is CCCCCC(CN)C(C)(Nc1ccccc1)C(=O)O. The molecule has 0 fully saturated rings. The Morgan fingerprint density at radius 3 is 2.50 bits per heavy atom. The maximum absolute atomic E-state index is 11.7. The summed E-state index contributed by atoms with van der Waals surface area (Å²) in [6, 6.07) is 9.44. The molecule has 0 bridgehead atoms. The highest BCUT2D eigenvalue weighted by Gasteiger charge is 2.40. The van der Waals surface area contributed by atoms with Crippen molar-refractivity contribution in [2.45, 2.75) is 45.1 Å². The smallest absolute Gasteiger partial charge is 0.329 e. The zero-order chi connectivity index (χ0) is 15.0.